The Labute approximate surface area is 126 Å². The van der Waals surface area contributed by atoms with Crippen molar-refractivity contribution in [2.75, 3.05) is 0 Å². The topological polar surface area (TPSA) is 37.3 Å². The lowest BCUT2D eigenvalue weighted by Crippen LogP contribution is -2.10. The number of rotatable bonds is 4. The Hall–Kier alpha value is -2.09. The van der Waals surface area contributed by atoms with Crippen LogP contribution in [0.2, 0.25) is 0 Å². The number of hydrogen-bond acceptors (Lipinski definition) is 2. The molecule has 0 aliphatic carbocycles. The zero-order chi connectivity index (χ0) is 15.5. The Balaban J connectivity index is 2.00. The molecule has 0 heterocycles. The van der Waals surface area contributed by atoms with Gasteiger partial charge in [0.25, 0.3) is 0 Å². The Morgan fingerprint density at radius 3 is 2.19 bits per heavy atom. The second-order valence-electron chi connectivity index (χ2n) is 6.39. The van der Waals surface area contributed by atoms with Gasteiger partial charge in [-0.25, -0.2) is 0 Å². The minimum atomic E-state index is -0.0204. The van der Waals surface area contributed by atoms with Crippen molar-refractivity contribution in [2.45, 2.75) is 39.0 Å². The fourth-order valence-corrected chi connectivity index (χ4v) is 2.27. The van der Waals surface area contributed by atoms with Crippen LogP contribution in [0.5, 0.6) is 5.75 Å². The molecule has 0 fully saturated rings. The highest BCUT2D eigenvalue weighted by Crippen LogP contribution is 2.23. The minimum Gasteiger partial charge on any atom is -0.507 e. The van der Waals surface area contributed by atoms with Gasteiger partial charge in [-0.2, -0.15) is 0 Å². The van der Waals surface area contributed by atoms with Crippen LogP contribution in [0.15, 0.2) is 48.5 Å². The molecule has 21 heavy (non-hydrogen) atoms. The molecule has 0 aliphatic rings. The van der Waals surface area contributed by atoms with Crippen LogP contribution < -0.4 is 0 Å². The van der Waals surface area contributed by atoms with Gasteiger partial charge in [0.15, 0.2) is 5.78 Å². The van der Waals surface area contributed by atoms with Crippen LogP contribution in [-0.2, 0) is 11.8 Å². The summed E-state index contributed by atoms with van der Waals surface area (Å²) in [4.78, 5) is 12.1. The molecular formula is C19H22O2. The molecule has 0 amide bonds. The number of aryl methyl sites for hydroxylation is 1. The van der Waals surface area contributed by atoms with Crippen LogP contribution in [0.1, 0.15) is 48.7 Å². The molecule has 2 aromatic rings. The van der Waals surface area contributed by atoms with Crippen molar-refractivity contribution in [2.24, 2.45) is 0 Å². The summed E-state index contributed by atoms with van der Waals surface area (Å²) in [5.41, 5.74) is 2.98. The maximum Gasteiger partial charge on any atom is 0.166 e. The molecule has 2 aromatic carbocycles. The normalized spacial score (nSPS) is 11.4. The summed E-state index contributed by atoms with van der Waals surface area (Å²) in [6.07, 6.45) is 1.10. The number of aromatic hydroxyl groups is 1. The van der Waals surface area contributed by atoms with E-state index in [0.29, 0.717) is 18.4 Å². The van der Waals surface area contributed by atoms with Gasteiger partial charge in [-0.05, 0) is 35.1 Å². The third-order valence-corrected chi connectivity index (χ3v) is 3.67. The monoisotopic (exact) mass is 282 g/mol. The number of phenols is 1. The second kappa shape index (κ2) is 6.13. The summed E-state index contributed by atoms with van der Waals surface area (Å²) in [6.45, 7) is 6.55. The number of hydrogen-bond donors (Lipinski definition) is 1. The number of para-hydroxylation sites is 1. The van der Waals surface area contributed by atoms with E-state index in [1.54, 1.807) is 24.3 Å². The molecule has 2 nitrogen and oxygen atoms in total. The van der Waals surface area contributed by atoms with Crippen molar-refractivity contribution in [3.8, 4) is 5.75 Å². The second-order valence-corrected chi connectivity index (χ2v) is 6.39. The van der Waals surface area contributed by atoms with E-state index in [0.717, 1.165) is 5.56 Å². The van der Waals surface area contributed by atoms with Crippen molar-refractivity contribution in [3.05, 3.63) is 65.2 Å². The number of carbonyl (C=O) groups is 1. The summed E-state index contributed by atoms with van der Waals surface area (Å²) < 4.78 is 0. The van der Waals surface area contributed by atoms with Crippen molar-refractivity contribution >= 4 is 5.78 Å². The highest BCUT2D eigenvalue weighted by Gasteiger charge is 2.13. The average molecular weight is 282 g/mol. The number of phenolic OH excluding ortho intramolecular Hbond substituents is 1. The molecule has 0 radical (unpaired) electrons. The maximum absolute atomic E-state index is 12.1. The lowest BCUT2D eigenvalue weighted by Gasteiger charge is -2.19. The van der Waals surface area contributed by atoms with Gasteiger partial charge < -0.3 is 5.11 Å². The molecule has 2 rings (SSSR count). The third kappa shape index (κ3) is 3.94. The fraction of sp³-hybridized carbons (Fsp3) is 0.316. The minimum absolute atomic E-state index is 0.0204. The van der Waals surface area contributed by atoms with Gasteiger partial charge in [-0.3, -0.25) is 4.79 Å². The summed E-state index contributed by atoms with van der Waals surface area (Å²) in [7, 11) is 0. The van der Waals surface area contributed by atoms with E-state index in [2.05, 4.69) is 45.0 Å². The third-order valence-electron chi connectivity index (χ3n) is 3.67. The van der Waals surface area contributed by atoms with Crippen LogP contribution in [-0.4, -0.2) is 10.9 Å². The van der Waals surface area contributed by atoms with Crippen LogP contribution in [0.25, 0.3) is 0 Å². The van der Waals surface area contributed by atoms with Gasteiger partial charge in [0, 0.05) is 6.42 Å². The molecule has 0 aliphatic heterocycles. The van der Waals surface area contributed by atoms with Crippen LogP contribution in [0.3, 0.4) is 0 Å². The summed E-state index contributed by atoms with van der Waals surface area (Å²) >= 11 is 0. The predicted octanol–water partition coefficient (Wildman–Crippen LogP) is 4.51. The molecule has 0 saturated heterocycles. The predicted molar refractivity (Wildman–Crippen MR) is 85.9 cm³/mol. The molecule has 0 saturated carbocycles. The van der Waals surface area contributed by atoms with Crippen molar-refractivity contribution in [1.82, 2.24) is 0 Å². The van der Waals surface area contributed by atoms with E-state index in [1.165, 1.54) is 5.56 Å². The summed E-state index contributed by atoms with van der Waals surface area (Å²) in [5.74, 6) is 0.0404. The Bertz CT molecular complexity index is 619. The number of ketones is 1. The Kier molecular flexibility index (Phi) is 4.46. The van der Waals surface area contributed by atoms with Crippen LogP contribution in [0, 0.1) is 0 Å². The maximum atomic E-state index is 12.1. The zero-order valence-corrected chi connectivity index (χ0v) is 12.9. The molecule has 0 spiro atoms. The largest absolute Gasteiger partial charge is 0.507 e. The molecule has 0 unspecified atom stereocenters. The van der Waals surface area contributed by atoms with Gasteiger partial charge in [0.05, 0.1) is 5.56 Å². The first-order chi connectivity index (χ1) is 9.88. The molecular weight excluding hydrogens is 260 g/mol. The Morgan fingerprint density at radius 2 is 1.62 bits per heavy atom. The number of benzene rings is 2. The molecule has 0 atom stereocenters. The quantitative estimate of drug-likeness (QED) is 0.838. The standard InChI is InChI=1S/C19H22O2/c1-19(2,3)15-11-8-14(9-12-15)10-13-18(21)16-6-4-5-7-17(16)20/h4-9,11-12,20H,10,13H2,1-3H3. The smallest absolute Gasteiger partial charge is 0.166 e. The van der Waals surface area contributed by atoms with Crippen molar-refractivity contribution in [3.63, 3.8) is 0 Å². The fourth-order valence-electron chi connectivity index (χ4n) is 2.27. The van der Waals surface area contributed by atoms with Crippen LogP contribution in [0.4, 0.5) is 0 Å². The summed E-state index contributed by atoms with van der Waals surface area (Å²) in [6, 6.07) is 15.1. The zero-order valence-electron chi connectivity index (χ0n) is 12.9. The first kappa shape index (κ1) is 15.3. The SMILES string of the molecule is CC(C)(C)c1ccc(CCC(=O)c2ccccc2O)cc1. The van der Waals surface area contributed by atoms with Crippen molar-refractivity contribution < 1.29 is 9.90 Å². The average Bonchev–Trinajstić information content (AvgIpc) is 2.45. The van der Waals surface area contributed by atoms with E-state index >= 15 is 0 Å². The van der Waals surface area contributed by atoms with Gasteiger partial charge in [-0.1, -0.05) is 57.2 Å². The first-order valence-electron chi connectivity index (χ1n) is 7.28. The lowest BCUT2D eigenvalue weighted by atomic mass is 9.86. The highest BCUT2D eigenvalue weighted by molar-refractivity contribution is 5.98. The first-order valence-corrected chi connectivity index (χ1v) is 7.28. The van der Waals surface area contributed by atoms with E-state index in [9.17, 15) is 9.90 Å². The van der Waals surface area contributed by atoms with E-state index in [1.807, 2.05) is 0 Å². The number of carbonyl (C=O) groups excluding carboxylic acids is 1. The highest BCUT2D eigenvalue weighted by atomic mass is 16.3. The van der Waals surface area contributed by atoms with Gasteiger partial charge in [0.1, 0.15) is 5.75 Å². The van der Waals surface area contributed by atoms with Gasteiger partial charge in [-0.15, -0.1) is 0 Å². The Morgan fingerprint density at radius 1 is 1.00 bits per heavy atom. The van der Waals surface area contributed by atoms with E-state index in [4.69, 9.17) is 0 Å². The van der Waals surface area contributed by atoms with Gasteiger partial charge in [0.2, 0.25) is 0 Å². The number of Topliss-reactive ketones (excluding diaryl/α,β-unsaturated/α-hetero) is 1. The molecule has 110 valence electrons. The molecule has 0 aromatic heterocycles. The van der Waals surface area contributed by atoms with Gasteiger partial charge >= 0.3 is 0 Å². The molecule has 2 heteroatoms. The van der Waals surface area contributed by atoms with E-state index in [-0.39, 0.29) is 16.9 Å². The van der Waals surface area contributed by atoms with Crippen molar-refractivity contribution in [1.29, 1.82) is 0 Å². The lowest BCUT2D eigenvalue weighted by molar-refractivity contribution is 0.0980. The van der Waals surface area contributed by atoms with E-state index < -0.39 is 0 Å². The molecule has 1 N–H and O–H groups in total. The summed E-state index contributed by atoms with van der Waals surface area (Å²) in [5, 5.41) is 9.68. The molecule has 0 bridgehead atoms. The van der Waals surface area contributed by atoms with Crippen LogP contribution >= 0.6 is 0 Å².